The molecule has 1 aromatic heterocycles. The highest BCUT2D eigenvalue weighted by Gasteiger charge is 2.19. The minimum absolute atomic E-state index is 0.0341. The Labute approximate surface area is 177 Å². The standard InChI is InChI=1S/C18H14Cl3N3O3S/c1-24-16(10-14(20)17(24)21)18(25)22-11-5-4-6-12(9-11)28(26,27)23-15-8-3-2-7-13(15)19/h2-10,23H,1H3,(H,22,25). The van der Waals surface area contributed by atoms with Crippen LogP contribution in [0.15, 0.2) is 59.5 Å². The molecule has 0 spiro atoms. The number of carbonyl (C=O) groups is 1. The van der Waals surface area contributed by atoms with Crippen LogP contribution < -0.4 is 10.0 Å². The van der Waals surface area contributed by atoms with E-state index in [0.717, 1.165) is 0 Å². The smallest absolute Gasteiger partial charge is 0.272 e. The van der Waals surface area contributed by atoms with Gasteiger partial charge in [-0.15, -0.1) is 0 Å². The Balaban J connectivity index is 1.84. The number of benzene rings is 2. The highest BCUT2D eigenvalue weighted by Crippen LogP contribution is 2.27. The summed E-state index contributed by atoms with van der Waals surface area (Å²) in [4.78, 5) is 12.4. The molecule has 6 nitrogen and oxygen atoms in total. The molecule has 2 aromatic carbocycles. The molecular weight excluding hydrogens is 445 g/mol. The molecule has 0 aliphatic carbocycles. The molecule has 0 aliphatic rings. The number of nitrogens with one attached hydrogen (secondary N) is 2. The first-order valence-electron chi connectivity index (χ1n) is 7.88. The summed E-state index contributed by atoms with van der Waals surface area (Å²) in [7, 11) is -2.31. The van der Waals surface area contributed by atoms with Crippen molar-refractivity contribution in [1.82, 2.24) is 4.57 Å². The Morgan fingerprint density at radius 1 is 0.964 bits per heavy atom. The molecule has 1 heterocycles. The van der Waals surface area contributed by atoms with Gasteiger partial charge in [0.05, 0.1) is 20.6 Å². The van der Waals surface area contributed by atoms with E-state index < -0.39 is 15.9 Å². The largest absolute Gasteiger partial charge is 0.329 e. The van der Waals surface area contributed by atoms with Crippen molar-refractivity contribution in [2.75, 3.05) is 10.0 Å². The Hall–Kier alpha value is -2.19. The quantitative estimate of drug-likeness (QED) is 0.562. The first-order chi connectivity index (χ1) is 13.2. The fraction of sp³-hybridized carbons (Fsp3) is 0.0556. The molecule has 0 atom stereocenters. The molecule has 146 valence electrons. The molecule has 0 bridgehead atoms. The number of hydrogen-bond donors (Lipinski definition) is 2. The van der Waals surface area contributed by atoms with Crippen LogP contribution >= 0.6 is 34.8 Å². The summed E-state index contributed by atoms with van der Waals surface area (Å²) in [6.45, 7) is 0. The van der Waals surface area contributed by atoms with Gasteiger partial charge in [-0.2, -0.15) is 0 Å². The van der Waals surface area contributed by atoms with E-state index in [2.05, 4.69) is 10.0 Å². The van der Waals surface area contributed by atoms with Crippen LogP contribution in [0.4, 0.5) is 11.4 Å². The van der Waals surface area contributed by atoms with Gasteiger partial charge >= 0.3 is 0 Å². The highest BCUT2D eigenvalue weighted by atomic mass is 35.5. The van der Waals surface area contributed by atoms with Crippen LogP contribution in [0, 0.1) is 0 Å². The summed E-state index contributed by atoms with van der Waals surface area (Å²) in [6, 6.07) is 13.7. The van der Waals surface area contributed by atoms with Crippen LogP contribution in [0.3, 0.4) is 0 Å². The van der Waals surface area contributed by atoms with Gasteiger partial charge in [-0.25, -0.2) is 8.42 Å². The summed E-state index contributed by atoms with van der Waals surface area (Å²) >= 11 is 17.9. The molecule has 0 saturated heterocycles. The summed E-state index contributed by atoms with van der Waals surface area (Å²) in [5, 5.41) is 3.38. The molecule has 2 N–H and O–H groups in total. The number of anilines is 2. The fourth-order valence-corrected chi connectivity index (χ4v) is 4.18. The van der Waals surface area contributed by atoms with Crippen LogP contribution in [-0.4, -0.2) is 18.9 Å². The van der Waals surface area contributed by atoms with Crippen molar-refractivity contribution in [3.05, 3.63) is 75.5 Å². The third-order valence-corrected chi connectivity index (χ3v) is 6.40. The van der Waals surface area contributed by atoms with Crippen LogP contribution in [0.2, 0.25) is 15.2 Å². The van der Waals surface area contributed by atoms with E-state index in [9.17, 15) is 13.2 Å². The number of amides is 1. The number of halogens is 3. The second kappa shape index (κ2) is 8.05. The van der Waals surface area contributed by atoms with Gasteiger partial charge in [-0.3, -0.25) is 9.52 Å². The van der Waals surface area contributed by atoms with Gasteiger partial charge in [-0.1, -0.05) is 53.0 Å². The number of para-hydroxylation sites is 1. The third kappa shape index (κ3) is 4.28. The number of rotatable bonds is 5. The van der Waals surface area contributed by atoms with Gasteiger partial charge in [0.25, 0.3) is 15.9 Å². The van der Waals surface area contributed by atoms with Crippen molar-refractivity contribution in [2.24, 2.45) is 7.05 Å². The number of nitrogens with zero attached hydrogens (tertiary/aromatic N) is 1. The number of sulfonamides is 1. The van der Waals surface area contributed by atoms with Gasteiger partial charge in [0.2, 0.25) is 0 Å². The topological polar surface area (TPSA) is 80.2 Å². The van der Waals surface area contributed by atoms with Gasteiger partial charge in [0, 0.05) is 12.7 Å². The van der Waals surface area contributed by atoms with Crippen LogP contribution in [0.5, 0.6) is 0 Å². The third-order valence-electron chi connectivity index (χ3n) is 3.87. The Morgan fingerprint density at radius 2 is 1.68 bits per heavy atom. The summed E-state index contributed by atoms with van der Waals surface area (Å²) in [5.41, 5.74) is 0.782. The van der Waals surface area contributed by atoms with E-state index in [-0.39, 0.29) is 31.5 Å². The van der Waals surface area contributed by atoms with Crippen molar-refractivity contribution in [1.29, 1.82) is 0 Å². The molecular formula is C18H14Cl3N3O3S. The van der Waals surface area contributed by atoms with Crippen molar-refractivity contribution in [2.45, 2.75) is 4.90 Å². The lowest BCUT2D eigenvalue weighted by atomic mass is 10.3. The van der Waals surface area contributed by atoms with Gasteiger partial charge in [0.15, 0.2) is 0 Å². The minimum Gasteiger partial charge on any atom is -0.329 e. The van der Waals surface area contributed by atoms with Crippen LogP contribution in [0.1, 0.15) is 10.5 Å². The zero-order chi connectivity index (χ0) is 20.5. The van der Waals surface area contributed by atoms with E-state index in [1.54, 1.807) is 37.4 Å². The Kier molecular flexibility index (Phi) is 5.90. The lowest BCUT2D eigenvalue weighted by Gasteiger charge is -2.11. The maximum absolute atomic E-state index is 12.6. The molecule has 10 heteroatoms. The number of hydrogen-bond acceptors (Lipinski definition) is 3. The second-order valence-electron chi connectivity index (χ2n) is 5.79. The summed E-state index contributed by atoms with van der Waals surface area (Å²) in [5.74, 6) is -0.482. The molecule has 3 aromatic rings. The molecule has 0 unspecified atom stereocenters. The maximum Gasteiger partial charge on any atom is 0.272 e. The van der Waals surface area contributed by atoms with E-state index >= 15 is 0 Å². The average Bonchev–Trinajstić information content (AvgIpc) is 2.91. The summed E-state index contributed by atoms with van der Waals surface area (Å²) in [6.07, 6.45) is 0. The number of aromatic nitrogens is 1. The van der Waals surface area contributed by atoms with Gasteiger partial charge in [0.1, 0.15) is 10.8 Å². The number of carbonyl (C=O) groups excluding carboxylic acids is 1. The zero-order valence-electron chi connectivity index (χ0n) is 14.4. The molecule has 0 aliphatic heterocycles. The van der Waals surface area contributed by atoms with Crippen molar-refractivity contribution in [3.8, 4) is 0 Å². The van der Waals surface area contributed by atoms with Crippen molar-refractivity contribution < 1.29 is 13.2 Å². The van der Waals surface area contributed by atoms with Crippen LogP contribution in [-0.2, 0) is 17.1 Å². The van der Waals surface area contributed by atoms with Gasteiger partial charge < -0.3 is 9.88 Å². The van der Waals surface area contributed by atoms with E-state index in [4.69, 9.17) is 34.8 Å². The van der Waals surface area contributed by atoms with Gasteiger partial charge in [-0.05, 0) is 36.4 Å². The maximum atomic E-state index is 12.6. The molecule has 28 heavy (non-hydrogen) atoms. The molecule has 0 radical (unpaired) electrons. The molecule has 0 saturated carbocycles. The van der Waals surface area contributed by atoms with Crippen molar-refractivity contribution >= 4 is 62.1 Å². The molecule has 3 rings (SSSR count). The van der Waals surface area contributed by atoms with E-state index in [1.807, 2.05) is 0 Å². The molecule has 0 fully saturated rings. The van der Waals surface area contributed by atoms with E-state index in [0.29, 0.717) is 5.69 Å². The Bertz CT molecular complexity index is 1160. The second-order valence-corrected chi connectivity index (χ2v) is 8.65. The average molecular weight is 459 g/mol. The Morgan fingerprint density at radius 3 is 2.32 bits per heavy atom. The molecule has 1 amide bonds. The first kappa shape index (κ1) is 20.5. The zero-order valence-corrected chi connectivity index (χ0v) is 17.5. The lowest BCUT2D eigenvalue weighted by molar-refractivity contribution is 0.101. The van der Waals surface area contributed by atoms with E-state index in [1.165, 1.54) is 28.8 Å². The fourth-order valence-electron chi connectivity index (χ4n) is 2.44. The van der Waals surface area contributed by atoms with Crippen LogP contribution in [0.25, 0.3) is 0 Å². The first-order valence-corrected chi connectivity index (χ1v) is 10.5. The minimum atomic E-state index is -3.90. The lowest BCUT2D eigenvalue weighted by Crippen LogP contribution is -2.17. The summed E-state index contributed by atoms with van der Waals surface area (Å²) < 4.78 is 29.1. The predicted octanol–water partition coefficient (Wildman–Crippen LogP) is 5.04. The predicted molar refractivity (Wildman–Crippen MR) is 112 cm³/mol. The normalized spacial score (nSPS) is 11.3. The monoisotopic (exact) mass is 457 g/mol. The van der Waals surface area contributed by atoms with Crippen molar-refractivity contribution in [3.63, 3.8) is 0 Å². The highest BCUT2D eigenvalue weighted by molar-refractivity contribution is 7.92. The SMILES string of the molecule is Cn1c(C(=O)Nc2cccc(S(=O)(=O)Nc3ccccc3Cl)c2)cc(Cl)c1Cl.